The van der Waals surface area contributed by atoms with Gasteiger partial charge >= 0.3 is 0 Å². The lowest BCUT2D eigenvalue weighted by Gasteiger charge is -2.28. The summed E-state index contributed by atoms with van der Waals surface area (Å²) in [5.74, 6) is -0.157. The molecule has 1 atom stereocenters. The van der Waals surface area contributed by atoms with Crippen molar-refractivity contribution < 1.29 is 9.59 Å². The van der Waals surface area contributed by atoms with Gasteiger partial charge in [0.1, 0.15) is 6.04 Å². The van der Waals surface area contributed by atoms with Crippen molar-refractivity contribution in [3.8, 4) is 0 Å². The molecule has 2 rings (SSSR count). The first-order valence-electron chi connectivity index (χ1n) is 9.59. The molecule has 0 radical (unpaired) electrons. The van der Waals surface area contributed by atoms with Gasteiger partial charge in [-0.2, -0.15) is 0 Å². The molecule has 27 heavy (non-hydrogen) atoms. The van der Waals surface area contributed by atoms with Crippen LogP contribution in [0.4, 0.5) is 0 Å². The van der Waals surface area contributed by atoms with Crippen LogP contribution in [0, 0.1) is 6.92 Å². The molecule has 0 aliphatic rings. The minimum atomic E-state index is -0.509. The predicted molar refractivity (Wildman–Crippen MR) is 109 cm³/mol. The van der Waals surface area contributed by atoms with Crippen LogP contribution in [0.2, 0.25) is 0 Å². The molecule has 0 fully saturated rings. The number of rotatable bonds is 8. The van der Waals surface area contributed by atoms with E-state index in [0.717, 1.165) is 23.1 Å². The number of carbonyl (C=O) groups is 2. The zero-order valence-corrected chi connectivity index (χ0v) is 16.8. The summed E-state index contributed by atoms with van der Waals surface area (Å²) < 4.78 is 0. The lowest BCUT2D eigenvalue weighted by molar-refractivity contribution is -0.140. The molecule has 2 aromatic carbocycles. The summed E-state index contributed by atoms with van der Waals surface area (Å²) in [5.41, 5.74) is 4.61. The molecule has 2 aromatic rings. The number of amides is 2. The number of carbonyl (C=O) groups excluding carboxylic acids is 2. The number of benzene rings is 2. The van der Waals surface area contributed by atoms with Crippen molar-refractivity contribution >= 4 is 11.8 Å². The van der Waals surface area contributed by atoms with Crippen molar-refractivity contribution in [1.29, 1.82) is 0 Å². The van der Waals surface area contributed by atoms with Crippen molar-refractivity contribution in [1.82, 2.24) is 10.2 Å². The first-order valence-corrected chi connectivity index (χ1v) is 9.59. The molecular formula is C23H30N2O2. The van der Waals surface area contributed by atoms with Gasteiger partial charge in [0.2, 0.25) is 11.8 Å². The number of hydrogen-bond acceptors (Lipinski definition) is 2. The van der Waals surface area contributed by atoms with E-state index in [4.69, 9.17) is 0 Å². The minimum Gasteiger partial charge on any atom is -0.357 e. The molecule has 1 N–H and O–H groups in total. The Morgan fingerprint density at radius 3 is 2.30 bits per heavy atom. The Hall–Kier alpha value is -2.62. The van der Waals surface area contributed by atoms with Gasteiger partial charge in [-0.15, -0.1) is 0 Å². The van der Waals surface area contributed by atoms with Crippen LogP contribution in [0.15, 0.2) is 48.5 Å². The maximum atomic E-state index is 12.9. The number of hydrogen-bond donors (Lipinski definition) is 1. The van der Waals surface area contributed by atoms with E-state index in [1.807, 2.05) is 25.1 Å². The predicted octanol–water partition coefficient (Wildman–Crippen LogP) is 3.65. The standard InChI is InChI=1S/C23H30N2O2/c1-5-19-9-11-20(12-10-19)13-14-22(26)25(18(3)23(27)24-4)16-21-8-6-7-17(2)15-21/h6-12,15,18H,5,13-14,16H2,1-4H3,(H,24,27). The third kappa shape index (κ3) is 5.95. The molecule has 0 saturated heterocycles. The second kappa shape index (κ2) is 9.91. The van der Waals surface area contributed by atoms with Gasteiger partial charge in [-0.1, -0.05) is 61.0 Å². The molecule has 4 heteroatoms. The maximum Gasteiger partial charge on any atom is 0.242 e. The summed E-state index contributed by atoms with van der Waals surface area (Å²) in [6, 6.07) is 15.9. The highest BCUT2D eigenvalue weighted by atomic mass is 16.2. The van der Waals surface area contributed by atoms with Crippen molar-refractivity contribution in [3.63, 3.8) is 0 Å². The molecule has 1 unspecified atom stereocenters. The van der Waals surface area contributed by atoms with E-state index in [0.29, 0.717) is 19.4 Å². The Morgan fingerprint density at radius 1 is 1.04 bits per heavy atom. The van der Waals surface area contributed by atoms with Crippen molar-refractivity contribution in [2.24, 2.45) is 0 Å². The van der Waals surface area contributed by atoms with Gasteiger partial charge in [-0.05, 0) is 43.4 Å². The van der Waals surface area contributed by atoms with Gasteiger partial charge in [0.25, 0.3) is 0 Å². The van der Waals surface area contributed by atoms with Crippen LogP contribution >= 0.6 is 0 Å². The Kier molecular flexibility index (Phi) is 7.59. The average Bonchev–Trinajstić information content (AvgIpc) is 2.69. The number of aryl methyl sites for hydroxylation is 3. The molecule has 0 aromatic heterocycles. The average molecular weight is 367 g/mol. The van der Waals surface area contributed by atoms with Crippen LogP contribution in [0.25, 0.3) is 0 Å². The topological polar surface area (TPSA) is 49.4 Å². The molecule has 0 saturated carbocycles. The molecule has 0 aliphatic heterocycles. The van der Waals surface area contributed by atoms with E-state index < -0.39 is 6.04 Å². The summed E-state index contributed by atoms with van der Waals surface area (Å²) in [7, 11) is 1.60. The van der Waals surface area contributed by atoms with Gasteiger partial charge in [-0.3, -0.25) is 9.59 Å². The smallest absolute Gasteiger partial charge is 0.242 e. The van der Waals surface area contributed by atoms with E-state index in [9.17, 15) is 9.59 Å². The van der Waals surface area contributed by atoms with Crippen LogP contribution in [0.3, 0.4) is 0 Å². The third-order valence-electron chi connectivity index (χ3n) is 4.91. The SMILES string of the molecule is CCc1ccc(CCC(=O)N(Cc2cccc(C)c2)C(C)C(=O)NC)cc1. The van der Waals surface area contributed by atoms with Crippen molar-refractivity contribution in [2.45, 2.75) is 52.6 Å². The minimum absolute atomic E-state index is 0.00725. The lowest BCUT2D eigenvalue weighted by Crippen LogP contribution is -2.46. The quantitative estimate of drug-likeness (QED) is 0.775. The summed E-state index contributed by atoms with van der Waals surface area (Å²) in [4.78, 5) is 26.8. The van der Waals surface area contributed by atoms with E-state index in [2.05, 4.69) is 42.6 Å². The Labute approximate surface area is 162 Å². The Bertz CT molecular complexity index is 768. The van der Waals surface area contributed by atoms with Crippen LogP contribution in [-0.4, -0.2) is 29.8 Å². The second-order valence-electron chi connectivity index (χ2n) is 6.97. The molecular weight excluding hydrogens is 336 g/mol. The lowest BCUT2D eigenvalue weighted by atomic mass is 10.0. The van der Waals surface area contributed by atoms with Crippen LogP contribution in [-0.2, 0) is 29.0 Å². The third-order valence-corrected chi connectivity index (χ3v) is 4.91. The summed E-state index contributed by atoms with van der Waals surface area (Å²) in [6.07, 6.45) is 2.07. The Morgan fingerprint density at radius 2 is 1.70 bits per heavy atom. The normalized spacial score (nSPS) is 11.7. The van der Waals surface area contributed by atoms with Crippen LogP contribution in [0.1, 0.15) is 42.5 Å². The highest BCUT2D eigenvalue weighted by Gasteiger charge is 2.25. The monoisotopic (exact) mass is 366 g/mol. The van der Waals surface area contributed by atoms with Crippen molar-refractivity contribution in [3.05, 3.63) is 70.8 Å². The zero-order chi connectivity index (χ0) is 19.8. The largest absolute Gasteiger partial charge is 0.357 e. The van der Waals surface area contributed by atoms with Crippen LogP contribution in [0.5, 0.6) is 0 Å². The first-order chi connectivity index (χ1) is 12.9. The molecule has 0 aliphatic carbocycles. The fraction of sp³-hybridized carbons (Fsp3) is 0.391. The zero-order valence-electron chi connectivity index (χ0n) is 16.8. The molecule has 2 amide bonds. The van der Waals surface area contributed by atoms with Gasteiger partial charge in [0, 0.05) is 20.0 Å². The van der Waals surface area contributed by atoms with Gasteiger partial charge in [0.05, 0.1) is 0 Å². The number of nitrogens with zero attached hydrogens (tertiary/aromatic N) is 1. The molecule has 0 bridgehead atoms. The summed E-state index contributed by atoms with van der Waals surface area (Å²) in [6.45, 7) is 6.37. The number of nitrogens with one attached hydrogen (secondary N) is 1. The highest BCUT2D eigenvalue weighted by molar-refractivity contribution is 5.87. The molecule has 0 heterocycles. The van der Waals surface area contributed by atoms with Gasteiger partial charge in [0.15, 0.2) is 0 Å². The van der Waals surface area contributed by atoms with Crippen LogP contribution < -0.4 is 5.32 Å². The Balaban J connectivity index is 2.10. The van der Waals surface area contributed by atoms with Crippen molar-refractivity contribution in [2.75, 3.05) is 7.05 Å². The fourth-order valence-corrected chi connectivity index (χ4v) is 3.14. The maximum absolute atomic E-state index is 12.9. The van der Waals surface area contributed by atoms with Gasteiger partial charge in [-0.25, -0.2) is 0 Å². The van der Waals surface area contributed by atoms with Gasteiger partial charge < -0.3 is 10.2 Å². The van der Waals surface area contributed by atoms with E-state index in [-0.39, 0.29) is 11.8 Å². The fourth-order valence-electron chi connectivity index (χ4n) is 3.14. The first kappa shape index (κ1) is 20.7. The summed E-state index contributed by atoms with van der Waals surface area (Å²) >= 11 is 0. The summed E-state index contributed by atoms with van der Waals surface area (Å²) in [5, 5.41) is 2.65. The molecule has 4 nitrogen and oxygen atoms in total. The molecule has 0 spiro atoms. The van der Waals surface area contributed by atoms with E-state index in [1.165, 1.54) is 5.56 Å². The highest BCUT2D eigenvalue weighted by Crippen LogP contribution is 2.14. The van der Waals surface area contributed by atoms with E-state index >= 15 is 0 Å². The second-order valence-corrected chi connectivity index (χ2v) is 6.97. The van der Waals surface area contributed by atoms with E-state index in [1.54, 1.807) is 18.9 Å². The molecule has 144 valence electrons. The number of likely N-dealkylation sites (N-methyl/N-ethyl adjacent to an activating group) is 1.